The van der Waals surface area contributed by atoms with Crippen LogP contribution in [0.25, 0.3) is 5.70 Å². The molecular weight excluding hydrogens is 182 g/mol. The van der Waals surface area contributed by atoms with Gasteiger partial charge in [0.15, 0.2) is 0 Å². The molecule has 0 bridgehead atoms. The average Bonchev–Trinajstić information content (AvgIpc) is 2.55. The molecule has 0 fully saturated rings. The van der Waals surface area contributed by atoms with Crippen LogP contribution < -0.4 is 0 Å². The van der Waals surface area contributed by atoms with Gasteiger partial charge < -0.3 is 4.90 Å². The first kappa shape index (κ1) is 10.3. The number of hydrogen-bond donors (Lipinski definition) is 0. The van der Waals surface area contributed by atoms with E-state index >= 15 is 0 Å². The lowest BCUT2D eigenvalue weighted by molar-refractivity contribution is 0.499. The van der Waals surface area contributed by atoms with Gasteiger partial charge in [-0.15, -0.1) is 0 Å². The zero-order chi connectivity index (χ0) is 10.8. The lowest BCUT2D eigenvalue weighted by Crippen LogP contribution is -2.07. The summed E-state index contributed by atoms with van der Waals surface area (Å²) in [7, 11) is 2.17. The van der Waals surface area contributed by atoms with E-state index in [1.807, 2.05) is 0 Å². The predicted molar refractivity (Wildman–Crippen MR) is 65.6 cm³/mol. The van der Waals surface area contributed by atoms with Crippen LogP contribution >= 0.6 is 0 Å². The third kappa shape index (κ3) is 1.79. The molecule has 0 saturated carbocycles. The van der Waals surface area contributed by atoms with Crippen LogP contribution in [0, 0.1) is 0 Å². The van der Waals surface area contributed by atoms with E-state index in [0.29, 0.717) is 0 Å². The Balaban J connectivity index is 2.46. The van der Waals surface area contributed by atoms with Gasteiger partial charge in [-0.1, -0.05) is 32.1 Å². The Labute approximate surface area is 92.4 Å². The number of aryl methyl sites for hydroxylation is 1. The summed E-state index contributed by atoms with van der Waals surface area (Å²) < 4.78 is 0. The zero-order valence-electron chi connectivity index (χ0n) is 9.88. The first-order chi connectivity index (χ1) is 7.26. The van der Waals surface area contributed by atoms with Gasteiger partial charge in [0.1, 0.15) is 0 Å². The Morgan fingerprint density at radius 2 is 2.13 bits per heavy atom. The zero-order valence-corrected chi connectivity index (χ0v) is 9.88. The number of benzene rings is 1. The van der Waals surface area contributed by atoms with Gasteiger partial charge in [0.2, 0.25) is 0 Å². The van der Waals surface area contributed by atoms with Crippen molar-refractivity contribution in [2.75, 3.05) is 7.05 Å². The van der Waals surface area contributed by atoms with Gasteiger partial charge in [-0.2, -0.15) is 0 Å². The van der Waals surface area contributed by atoms with Crippen molar-refractivity contribution in [3.8, 4) is 0 Å². The minimum absolute atomic E-state index is 1.06. The molecule has 1 nitrogen and oxygen atoms in total. The van der Waals surface area contributed by atoms with E-state index in [1.54, 1.807) is 0 Å². The van der Waals surface area contributed by atoms with Gasteiger partial charge in [-0.3, -0.25) is 0 Å². The number of hydrogen-bond acceptors (Lipinski definition) is 1. The molecule has 1 heterocycles. The minimum atomic E-state index is 1.06. The van der Waals surface area contributed by atoms with Crippen molar-refractivity contribution in [2.45, 2.75) is 33.2 Å². The molecule has 0 atom stereocenters. The monoisotopic (exact) mass is 201 g/mol. The van der Waals surface area contributed by atoms with Crippen LogP contribution in [-0.2, 0) is 13.0 Å². The highest BCUT2D eigenvalue weighted by Gasteiger charge is 2.19. The van der Waals surface area contributed by atoms with Gasteiger partial charge in [-0.25, -0.2) is 0 Å². The molecule has 0 aromatic heterocycles. The standard InChI is InChI=1S/C14H19N/c1-4-6-14-13-9-11(5-2)7-8-12(13)10-15(14)3/h6-9H,4-5,10H2,1-3H3/b14-6-. The van der Waals surface area contributed by atoms with Crippen LogP contribution in [0.15, 0.2) is 24.3 Å². The van der Waals surface area contributed by atoms with Crippen LogP contribution in [-0.4, -0.2) is 11.9 Å². The summed E-state index contributed by atoms with van der Waals surface area (Å²) in [6.07, 6.45) is 4.55. The number of allylic oxidation sites excluding steroid dienone is 1. The number of nitrogens with zero attached hydrogens (tertiary/aromatic N) is 1. The maximum atomic E-state index is 2.35. The Kier molecular flexibility index (Phi) is 2.81. The van der Waals surface area contributed by atoms with Gasteiger partial charge in [-0.05, 0) is 30.0 Å². The van der Waals surface area contributed by atoms with Crippen molar-refractivity contribution in [1.82, 2.24) is 4.90 Å². The maximum Gasteiger partial charge on any atom is 0.0433 e. The van der Waals surface area contributed by atoms with Gasteiger partial charge in [0.05, 0.1) is 0 Å². The highest BCUT2D eigenvalue weighted by molar-refractivity contribution is 5.71. The molecule has 0 amide bonds. The fraction of sp³-hybridized carbons (Fsp3) is 0.429. The van der Waals surface area contributed by atoms with E-state index in [9.17, 15) is 0 Å². The molecule has 0 unspecified atom stereocenters. The molecular formula is C14H19N. The number of fused-ring (bicyclic) bond motifs is 1. The van der Waals surface area contributed by atoms with Gasteiger partial charge >= 0.3 is 0 Å². The fourth-order valence-corrected chi connectivity index (χ4v) is 2.23. The molecule has 1 aliphatic rings. The molecule has 0 N–H and O–H groups in total. The topological polar surface area (TPSA) is 3.24 Å². The molecule has 0 saturated heterocycles. The van der Waals surface area contributed by atoms with Crippen molar-refractivity contribution >= 4 is 5.70 Å². The Morgan fingerprint density at radius 1 is 1.33 bits per heavy atom. The van der Waals surface area contributed by atoms with Crippen molar-refractivity contribution in [1.29, 1.82) is 0 Å². The van der Waals surface area contributed by atoms with E-state index in [4.69, 9.17) is 0 Å². The highest BCUT2D eigenvalue weighted by atomic mass is 15.1. The largest absolute Gasteiger partial charge is 0.370 e. The second-order valence-corrected chi connectivity index (χ2v) is 4.20. The molecule has 80 valence electrons. The Hall–Kier alpha value is -1.24. The minimum Gasteiger partial charge on any atom is -0.370 e. The van der Waals surface area contributed by atoms with Crippen molar-refractivity contribution in [3.63, 3.8) is 0 Å². The predicted octanol–water partition coefficient (Wildman–Crippen LogP) is 3.45. The summed E-state index contributed by atoms with van der Waals surface area (Å²) in [5, 5.41) is 0. The number of rotatable bonds is 2. The molecule has 15 heavy (non-hydrogen) atoms. The first-order valence-electron chi connectivity index (χ1n) is 5.79. The van der Waals surface area contributed by atoms with Crippen LogP contribution in [0.2, 0.25) is 0 Å². The van der Waals surface area contributed by atoms with E-state index < -0.39 is 0 Å². The molecule has 2 rings (SSSR count). The van der Waals surface area contributed by atoms with Crippen LogP contribution in [0.5, 0.6) is 0 Å². The SMILES string of the molecule is CC/C=C1/c2cc(CC)ccc2CN1C. The van der Waals surface area contributed by atoms with Crippen molar-refractivity contribution in [2.24, 2.45) is 0 Å². The lowest BCUT2D eigenvalue weighted by Gasteiger charge is -2.12. The van der Waals surface area contributed by atoms with Crippen LogP contribution in [0.1, 0.15) is 37.0 Å². The summed E-state index contributed by atoms with van der Waals surface area (Å²) in [5.41, 5.74) is 5.75. The molecule has 1 aromatic carbocycles. The summed E-state index contributed by atoms with van der Waals surface area (Å²) >= 11 is 0. The van der Waals surface area contributed by atoms with Crippen molar-refractivity contribution in [3.05, 3.63) is 41.0 Å². The first-order valence-corrected chi connectivity index (χ1v) is 5.79. The third-order valence-electron chi connectivity index (χ3n) is 3.07. The molecule has 0 radical (unpaired) electrons. The lowest BCUT2D eigenvalue weighted by atomic mass is 10.0. The van der Waals surface area contributed by atoms with Crippen molar-refractivity contribution < 1.29 is 0 Å². The van der Waals surface area contributed by atoms with E-state index in [1.165, 1.54) is 22.4 Å². The summed E-state index contributed by atoms with van der Waals surface area (Å²) in [6, 6.07) is 6.88. The van der Waals surface area contributed by atoms with E-state index in [2.05, 4.69) is 50.1 Å². The van der Waals surface area contributed by atoms with Gasteiger partial charge in [0, 0.05) is 24.9 Å². The molecule has 0 spiro atoms. The van der Waals surface area contributed by atoms with E-state index in [-0.39, 0.29) is 0 Å². The second kappa shape index (κ2) is 4.09. The summed E-state index contributed by atoms with van der Waals surface area (Å²) in [5.74, 6) is 0. The summed E-state index contributed by atoms with van der Waals surface area (Å²) in [4.78, 5) is 2.34. The highest BCUT2D eigenvalue weighted by Crippen LogP contribution is 2.32. The third-order valence-corrected chi connectivity index (χ3v) is 3.07. The van der Waals surface area contributed by atoms with Crippen LogP contribution in [0.4, 0.5) is 0 Å². The second-order valence-electron chi connectivity index (χ2n) is 4.20. The average molecular weight is 201 g/mol. The molecule has 1 heteroatoms. The normalized spacial score (nSPS) is 17.3. The molecule has 1 aromatic rings. The Morgan fingerprint density at radius 3 is 2.80 bits per heavy atom. The van der Waals surface area contributed by atoms with Crippen LogP contribution in [0.3, 0.4) is 0 Å². The van der Waals surface area contributed by atoms with E-state index in [0.717, 1.165) is 19.4 Å². The summed E-state index contributed by atoms with van der Waals surface area (Å²) in [6.45, 7) is 5.47. The fourth-order valence-electron chi connectivity index (χ4n) is 2.23. The smallest absolute Gasteiger partial charge is 0.0433 e. The Bertz CT molecular complexity index is 390. The molecule has 1 aliphatic heterocycles. The molecule has 0 aliphatic carbocycles. The van der Waals surface area contributed by atoms with Gasteiger partial charge in [0.25, 0.3) is 0 Å². The quantitative estimate of drug-likeness (QED) is 0.708. The maximum absolute atomic E-state index is 2.35.